The van der Waals surface area contributed by atoms with Crippen molar-refractivity contribution in [2.45, 2.75) is 36.6 Å². The lowest BCUT2D eigenvalue weighted by atomic mass is 10.1. The molecular weight excluding hydrogens is 376 g/mol. The molecule has 0 saturated heterocycles. The van der Waals surface area contributed by atoms with E-state index in [4.69, 9.17) is 9.15 Å². The van der Waals surface area contributed by atoms with Crippen molar-refractivity contribution in [1.82, 2.24) is 10.3 Å². The molecule has 2 N–H and O–H groups in total. The molecule has 0 spiro atoms. The van der Waals surface area contributed by atoms with Crippen LogP contribution in [0.5, 0.6) is 0 Å². The molecular formula is C21H22N2O4S. The van der Waals surface area contributed by atoms with Crippen molar-refractivity contribution in [3.05, 3.63) is 60.1 Å². The minimum Gasteiger partial charge on any atom is -0.467 e. The lowest BCUT2D eigenvalue weighted by Crippen LogP contribution is -2.25. The third kappa shape index (κ3) is 4.92. The van der Waals surface area contributed by atoms with Crippen LogP contribution in [0, 0.1) is 0 Å². The van der Waals surface area contributed by atoms with E-state index in [1.165, 1.54) is 11.8 Å². The number of carbonyl (C=O) groups excluding carboxylic acids is 1. The first kappa shape index (κ1) is 19.0. The van der Waals surface area contributed by atoms with Crippen LogP contribution in [0.15, 0.2) is 58.2 Å². The Morgan fingerprint density at radius 2 is 2.18 bits per heavy atom. The number of carbonyl (C=O) groups is 1. The molecule has 28 heavy (non-hydrogen) atoms. The molecule has 1 atom stereocenters. The van der Waals surface area contributed by atoms with E-state index in [1.54, 1.807) is 18.4 Å². The van der Waals surface area contributed by atoms with Crippen LogP contribution in [0.4, 0.5) is 0 Å². The lowest BCUT2D eigenvalue weighted by Gasteiger charge is -2.12. The number of para-hydroxylation sites is 1. The normalized spacial score (nSPS) is 14.9. The minimum atomic E-state index is -0.642. The van der Waals surface area contributed by atoms with Gasteiger partial charge in [0.1, 0.15) is 12.4 Å². The van der Waals surface area contributed by atoms with Gasteiger partial charge in [-0.15, -0.1) is 11.8 Å². The van der Waals surface area contributed by atoms with Crippen LogP contribution >= 0.6 is 11.8 Å². The standard InChI is InChI=1S/C21H22N2O4S/c24-15(11-26-12-16-4-3-9-27-16)13-28-20-10-18(21(25)22-14-7-8-14)17-5-1-2-6-19(17)23-20/h1-6,9-10,14-15,24H,7-8,11-13H2,(H,22,25). The predicted octanol–water partition coefficient (Wildman–Crippen LogP) is 3.39. The van der Waals surface area contributed by atoms with Crippen LogP contribution in [0.2, 0.25) is 0 Å². The Morgan fingerprint density at radius 3 is 2.96 bits per heavy atom. The van der Waals surface area contributed by atoms with E-state index in [1.807, 2.05) is 30.3 Å². The second kappa shape index (κ2) is 8.77. The van der Waals surface area contributed by atoms with Gasteiger partial charge in [0, 0.05) is 17.2 Å². The smallest absolute Gasteiger partial charge is 0.252 e. The van der Waals surface area contributed by atoms with E-state index in [0.717, 1.165) is 29.5 Å². The number of furan rings is 1. The second-order valence-electron chi connectivity index (χ2n) is 6.83. The lowest BCUT2D eigenvalue weighted by molar-refractivity contribution is 0.0328. The number of aliphatic hydroxyl groups excluding tert-OH is 1. The number of ether oxygens (including phenoxy) is 1. The van der Waals surface area contributed by atoms with Crippen LogP contribution in [0.1, 0.15) is 29.0 Å². The van der Waals surface area contributed by atoms with Crippen molar-refractivity contribution in [1.29, 1.82) is 0 Å². The first-order chi connectivity index (χ1) is 13.7. The molecule has 1 aliphatic rings. The minimum absolute atomic E-state index is 0.0646. The molecule has 0 aliphatic heterocycles. The zero-order chi connectivity index (χ0) is 19.3. The van der Waals surface area contributed by atoms with Gasteiger partial charge in [-0.2, -0.15) is 0 Å². The Labute approximate surface area is 167 Å². The monoisotopic (exact) mass is 398 g/mol. The summed E-state index contributed by atoms with van der Waals surface area (Å²) < 4.78 is 10.7. The molecule has 1 amide bonds. The van der Waals surface area contributed by atoms with Gasteiger partial charge in [-0.3, -0.25) is 4.79 Å². The highest BCUT2D eigenvalue weighted by molar-refractivity contribution is 7.99. The molecule has 146 valence electrons. The molecule has 4 rings (SSSR count). The number of thioether (sulfide) groups is 1. The summed E-state index contributed by atoms with van der Waals surface area (Å²) in [7, 11) is 0. The van der Waals surface area contributed by atoms with Crippen molar-refractivity contribution < 1.29 is 19.1 Å². The Morgan fingerprint density at radius 1 is 1.32 bits per heavy atom. The molecule has 0 radical (unpaired) electrons. The topological polar surface area (TPSA) is 84.6 Å². The third-order valence-corrected chi connectivity index (χ3v) is 5.46. The fourth-order valence-electron chi connectivity index (χ4n) is 2.82. The van der Waals surface area contributed by atoms with Crippen molar-refractivity contribution in [3.63, 3.8) is 0 Å². The number of aromatic nitrogens is 1. The first-order valence-electron chi connectivity index (χ1n) is 9.30. The maximum Gasteiger partial charge on any atom is 0.252 e. The van der Waals surface area contributed by atoms with Crippen molar-refractivity contribution in [2.75, 3.05) is 12.4 Å². The highest BCUT2D eigenvalue weighted by Gasteiger charge is 2.25. The van der Waals surface area contributed by atoms with E-state index >= 15 is 0 Å². The number of hydrogen-bond donors (Lipinski definition) is 2. The number of fused-ring (bicyclic) bond motifs is 1. The number of hydrogen-bond acceptors (Lipinski definition) is 6. The SMILES string of the molecule is O=C(NC1CC1)c1cc(SCC(O)COCc2ccco2)nc2ccccc12. The molecule has 7 heteroatoms. The Balaban J connectivity index is 1.39. The molecule has 2 heterocycles. The fourth-order valence-corrected chi connectivity index (χ4v) is 3.65. The Bertz CT molecular complexity index is 941. The number of pyridine rings is 1. The van der Waals surface area contributed by atoms with Crippen LogP contribution in [0.3, 0.4) is 0 Å². The summed E-state index contributed by atoms with van der Waals surface area (Å²) in [5.41, 5.74) is 1.40. The molecule has 3 aromatic rings. The highest BCUT2D eigenvalue weighted by Crippen LogP contribution is 2.26. The predicted molar refractivity (Wildman–Crippen MR) is 107 cm³/mol. The van der Waals surface area contributed by atoms with Gasteiger partial charge < -0.3 is 19.6 Å². The average molecular weight is 398 g/mol. The summed E-state index contributed by atoms with van der Waals surface area (Å²) in [6.07, 6.45) is 3.03. The number of nitrogens with one attached hydrogen (secondary N) is 1. The molecule has 1 aromatic carbocycles. The number of amides is 1. The van der Waals surface area contributed by atoms with Crippen LogP contribution in [-0.2, 0) is 11.3 Å². The molecule has 1 aliphatic carbocycles. The quantitative estimate of drug-likeness (QED) is 0.538. The number of rotatable bonds is 9. The zero-order valence-electron chi connectivity index (χ0n) is 15.3. The summed E-state index contributed by atoms with van der Waals surface area (Å²) in [5, 5.41) is 14.8. The van der Waals surface area contributed by atoms with Crippen molar-refractivity contribution in [2.24, 2.45) is 0 Å². The Hall–Kier alpha value is -2.35. The van der Waals surface area contributed by atoms with Crippen molar-refractivity contribution in [3.8, 4) is 0 Å². The maximum absolute atomic E-state index is 12.6. The number of nitrogens with zero attached hydrogens (tertiary/aromatic N) is 1. The molecule has 1 unspecified atom stereocenters. The van der Waals surface area contributed by atoms with Crippen LogP contribution in [-0.4, -0.2) is 40.5 Å². The molecule has 0 bridgehead atoms. The van der Waals surface area contributed by atoms with Crippen LogP contribution in [0.25, 0.3) is 10.9 Å². The van der Waals surface area contributed by atoms with Gasteiger partial charge in [-0.25, -0.2) is 4.98 Å². The van der Waals surface area contributed by atoms with E-state index in [9.17, 15) is 9.90 Å². The second-order valence-corrected chi connectivity index (χ2v) is 7.87. The van der Waals surface area contributed by atoms with Crippen LogP contribution < -0.4 is 5.32 Å². The van der Waals surface area contributed by atoms with E-state index in [0.29, 0.717) is 29.0 Å². The summed E-state index contributed by atoms with van der Waals surface area (Å²) >= 11 is 1.41. The summed E-state index contributed by atoms with van der Waals surface area (Å²) in [4.78, 5) is 17.2. The molecule has 6 nitrogen and oxygen atoms in total. The van der Waals surface area contributed by atoms with Gasteiger partial charge >= 0.3 is 0 Å². The van der Waals surface area contributed by atoms with E-state index in [2.05, 4.69) is 10.3 Å². The first-order valence-corrected chi connectivity index (χ1v) is 10.3. The molecule has 1 saturated carbocycles. The Kier molecular flexibility index (Phi) is 5.95. The van der Waals surface area contributed by atoms with Gasteiger partial charge in [0.25, 0.3) is 5.91 Å². The van der Waals surface area contributed by atoms with Gasteiger partial charge in [0.15, 0.2) is 0 Å². The zero-order valence-corrected chi connectivity index (χ0v) is 16.2. The fraction of sp³-hybridized carbons (Fsp3) is 0.333. The maximum atomic E-state index is 12.6. The summed E-state index contributed by atoms with van der Waals surface area (Å²) in [5.74, 6) is 1.08. The highest BCUT2D eigenvalue weighted by atomic mass is 32.2. The average Bonchev–Trinajstić information content (AvgIpc) is 3.36. The van der Waals surface area contributed by atoms with E-state index in [-0.39, 0.29) is 12.5 Å². The summed E-state index contributed by atoms with van der Waals surface area (Å²) in [6, 6.07) is 13.4. The van der Waals surface area contributed by atoms with Gasteiger partial charge in [-0.1, -0.05) is 18.2 Å². The van der Waals surface area contributed by atoms with Gasteiger partial charge in [-0.05, 0) is 37.1 Å². The number of aliphatic hydroxyl groups is 1. The summed E-state index contributed by atoms with van der Waals surface area (Å²) in [6.45, 7) is 0.532. The molecule has 2 aromatic heterocycles. The number of benzene rings is 1. The van der Waals surface area contributed by atoms with Gasteiger partial charge in [0.2, 0.25) is 0 Å². The molecule has 1 fully saturated rings. The van der Waals surface area contributed by atoms with Gasteiger partial charge in [0.05, 0.1) is 35.1 Å². The van der Waals surface area contributed by atoms with E-state index < -0.39 is 6.10 Å². The third-order valence-electron chi connectivity index (χ3n) is 4.41. The van der Waals surface area contributed by atoms with Crippen molar-refractivity contribution >= 4 is 28.6 Å². The largest absolute Gasteiger partial charge is 0.467 e.